The summed E-state index contributed by atoms with van der Waals surface area (Å²) < 4.78 is 0. The third-order valence-electron chi connectivity index (χ3n) is 3.17. The van der Waals surface area contributed by atoms with Crippen LogP contribution in [0, 0.1) is 10.1 Å². The van der Waals surface area contributed by atoms with Crippen molar-refractivity contribution in [3.63, 3.8) is 0 Å². The molecule has 0 spiro atoms. The number of anilines is 1. The van der Waals surface area contributed by atoms with E-state index in [9.17, 15) is 14.9 Å². The van der Waals surface area contributed by atoms with Crippen LogP contribution >= 0.6 is 0 Å². The van der Waals surface area contributed by atoms with Crippen molar-refractivity contribution in [2.45, 2.75) is 0 Å². The lowest BCUT2D eigenvalue weighted by atomic mass is 10.3. The molecule has 0 saturated carbocycles. The van der Waals surface area contributed by atoms with E-state index in [1.165, 1.54) is 23.2 Å². The van der Waals surface area contributed by atoms with Crippen LogP contribution in [0.1, 0.15) is 0 Å². The first kappa shape index (κ1) is 14.2. The maximum Gasteiger partial charge on any atom is 0.311 e. The summed E-state index contributed by atoms with van der Waals surface area (Å²) in [6, 6.07) is 2.89. The van der Waals surface area contributed by atoms with E-state index in [2.05, 4.69) is 10.3 Å². The van der Waals surface area contributed by atoms with Crippen LogP contribution in [0.5, 0.6) is 0 Å². The van der Waals surface area contributed by atoms with Crippen molar-refractivity contribution in [2.24, 2.45) is 0 Å². The fourth-order valence-corrected chi connectivity index (χ4v) is 2.12. The SMILES string of the molecule is CN(CC(=O)N1CCNCC1)c1ncccc1[N+](=O)[O-]. The van der Waals surface area contributed by atoms with Crippen molar-refractivity contribution in [1.82, 2.24) is 15.2 Å². The fraction of sp³-hybridized carbons (Fsp3) is 0.500. The third kappa shape index (κ3) is 3.21. The largest absolute Gasteiger partial charge is 0.345 e. The predicted octanol–water partition coefficient (Wildman–Crippen LogP) is -0.142. The summed E-state index contributed by atoms with van der Waals surface area (Å²) in [5.41, 5.74) is -0.0943. The molecule has 0 aliphatic carbocycles. The van der Waals surface area contributed by atoms with E-state index in [0.717, 1.165) is 13.1 Å². The minimum absolute atomic E-state index is 0.0473. The molecule has 0 radical (unpaired) electrons. The van der Waals surface area contributed by atoms with Crippen molar-refractivity contribution in [2.75, 3.05) is 44.7 Å². The molecule has 8 heteroatoms. The molecule has 108 valence electrons. The molecule has 1 aromatic rings. The standard InChI is InChI=1S/C12H17N5O3/c1-15(9-11(18)16-7-5-13-6-8-16)12-10(17(19)20)3-2-4-14-12/h2-4,13H,5-9H2,1H3. The van der Waals surface area contributed by atoms with Crippen molar-refractivity contribution in [3.8, 4) is 0 Å². The maximum absolute atomic E-state index is 12.1. The number of nitrogens with zero attached hydrogens (tertiary/aromatic N) is 4. The molecule has 0 bridgehead atoms. The summed E-state index contributed by atoms with van der Waals surface area (Å²) in [5, 5.41) is 14.1. The van der Waals surface area contributed by atoms with E-state index in [4.69, 9.17) is 0 Å². The first-order valence-corrected chi connectivity index (χ1v) is 6.38. The quantitative estimate of drug-likeness (QED) is 0.609. The summed E-state index contributed by atoms with van der Waals surface area (Å²) in [6.07, 6.45) is 1.48. The van der Waals surface area contributed by atoms with Gasteiger partial charge in [-0.05, 0) is 6.07 Å². The molecule has 2 heterocycles. The molecule has 1 N–H and O–H groups in total. The van der Waals surface area contributed by atoms with Crippen molar-refractivity contribution >= 4 is 17.4 Å². The number of likely N-dealkylation sites (N-methyl/N-ethyl adjacent to an activating group) is 1. The molecular formula is C12H17N5O3. The van der Waals surface area contributed by atoms with Gasteiger partial charge in [0.25, 0.3) is 0 Å². The van der Waals surface area contributed by atoms with Gasteiger partial charge in [-0.15, -0.1) is 0 Å². The molecule has 1 fully saturated rings. The van der Waals surface area contributed by atoms with Crippen LogP contribution in [0.15, 0.2) is 18.3 Å². The lowest BCUT2D eigenvalue weighted by molar-refractivity contribution is -0.384. The first-order chi connectivity index (χ1) is 9.59. The van der Waals surface area contributed by atoms with Crippen molar-refractivity contribution < 1.29 is 9.72 Å². The van der Waals surface area contributed by atoms with Crippen LogP contribution in [-0.2, 0) is 4.79 Å². The molecule has 1 aliphatic rings. The van der Waals surface area contributed by atoms with E-state index in [1.54, 1.807) is 11.9 Å². The number of hydrogen-bond donors (Lipinski definition) is 1. The number of hydrogen-bond acceptors (Lipinski definition) is 6. The molecule has 1 saturated heterocycles. The Labute approximate surface area is 116 Å². The second-order valence-corrected chi connectivity index (χ2v) is 4.59. The normalized spacial score (nSPS) is 14.9. The number of nitro groups is 1. The Balaban J connectivity index is 2.06. The van der Waals surface area contributed by atoms with Crippen molar-refractivity contribution in [1.29, 1.82) is 0 Å². The van der Waals surface area contributed by atoms with E-state index >= 15 is 0 Å². The highest BCUT2D eigenvalue weighted by Crippen LogP contribution is 2.23. The second kappa shape index (κ2) is 6.29. The number of piperazine rings is 1. The average Bonchev–Trinajstić information content (AvgIpc) is 2.48. The maximum atomic E-state index is 12.1. The van der Waals surface area contributed by atoms with Gasteiger partial charge in [0, 0.05) is 45.5 Å². The van der Waals surface area contributed by atoms with Gasteiger partial charge in [0.15, 0.2) is 0 Å². The van der Waals surface area contributed by atoms with Gasteiger partial charge in [-0.1, -0.05) is 0 Å². The summed E-state index contributed by atoms with van der Waals surface area (Å²) in [6.45, 7) is 2.96. The minimum atomic E-state index is -0.492. The highest BCUT2D eigenvalue weighted by Gasteiger charge is 2.22. The Morgan fingerprint density at radius 2 is 2.25 bits per heavy atom. The molecule has 0 atom stereocenters. The van der Waals surface area contributed by atoms with Gasteiger partial charge in [0.1, 0.15) is 0 Å². The second-order valence-electron chi connectivity index (χ2n) is 4.59. The molecule has 2 rings (SSSR count). The van der Waals surface area contributed by atoms with E-state index in [0.29, 0.717) is 13.1 Å². The van der Waals surface area contributed by atoms with Gasteiger partial charge in [0.2, 0.25) is 11.7 Å². The third-order valence-corrected chi connectivity index (χ3v) is 3.17. The van der Waals surface area contributed by atoms with Gasteiger partial charge >= 0.3 is 5.69 Å². The Hall–Kier alpha value is -2.22. The van der Waals surface area contributed by atoms with E-state index in [1.807, 2.05) is 0 Å². The summed E-state index contributed by atoms with van der Waals surface area (Å²) in [7, 11) is 1.63. The molecule has 1 amide bonds. The van der Waals surface area contributed by atoms with Gasteiger partial charge in [-0.25, -0.2) is 4.98 Å². The molecule has 0 aromatic carbocycles. The van der Waals surface area contributed by atoms with Gasteiger partial charge < -0.3 is 15.1 Å². The molecular weight excluding hydrogens is 262 g/mol. The topological polar surface area (TPSA) is 91.6 Å². The van der Waals surface area contributed by atoms with E-state index in [-0.39, 0.29) is 24.0 Å². The van der Waals surface area contributed by atoms with Crippen LogP contribution in [0.3, 0.4) is 0 Å². The lowest BCUT2D eigenvalue weighted by Crippen LogP contribution is -2.49. The number of rotatable bonds is 4. The zero-order valence-corrected chi connectivity index (χ0v) is 11.3. The highest BCUT2D eigenvalue weighted by atomic mass is 16.6. The number of pyridine rings is 1. The Bertz CT molecular complexity index is 502. The summed E-state index contributed by atoms with van der Waals surface area (Å²) in [4.78, 5) is 29.8. The first-order valence-electron chi connectivity index (χ1n) is 6.38. The Kier molecular flexibility index (Phi) is 4.46. The average molecular weight is 279 g/mol. The summed E-state index contributed by atoms with van der Waals surface area (Å²) in [5.74, 6) is 0.162. The van der Waals surface area contributed by atoms with Crippen molar-refractivity contribution in [3.05, 3.63) is 28.4 Å². The molecule has 1 aromatic heterocycles. The Morgan fingerprint density at radius 3 is 2.90 bits per heavy atom. The zero-order valence-electron chi connectivity index (χ0n) is 11.3. The molecule has 0 unspecified atom stereocenters. The highest BCUT2D eigenvalue weighted by molar-refractivity contribution is 5.82. The monoisotopic (exact) mass is 279 g/mol. The molecule has 8 nitrogen and oxygen atoms in total. The van der Waals surface area contributed by atoms with Crippen LogP contribution in [0.2, 0.25) is 0 Å². The number of amides is 1. The lowest BCUT2D eigenvalue weighted by Gasteiger charge is -2.29. The molecule has 1 aliphatic heterocycles. The fourth-order valence-electron chi connectivity index (χ4n) is 2.12. The minimum Gasteiger partial charge on any atom is -0.345 e. The van der Waals surface area contributed by atoms with Gasteiger partial charge in [0.05, 0.1) is 11.5 Å². The van der Waals surface area contributed by atoms with Crippen LogP contribution in [0.25, 0.3) is 0 Å². The summed E-state index contributed by atoms with van der Waals surface area (Å²) >= 11 is 0. The van der Waals surface area contributed by atoms with Crippen LogP contribution in [-0.4, -0.2) is 60.5 Å². The van der Waals surface area contributed by atoms with E-state index < -0.39 is 4.92 Å². The van der Waals surface area contributed by atoms with Gasteiger partial charge in [-0.2, -0.15) is 0 Å². The number of carbonyl (C=O) groups excluding carboxylic acids is 1. The number of carbonyl (C=O) groups is 1. The van der Waals surface area contributed by atoms with Crippen LogP contribution < -0.4 is 10.2 Å². The van der Waals surface area contributed by atoms with Crippen LogP contribution in [0.4, 0.5) is 11.5 Å². The number of aromatic nitrogens is 1. The van der Waals surface area contributed by atoms with Gasteiger partial charge in [-0.3, -0.25) is 14.9 Å². The predicted molar refractivity (Wildman–Crippen MR) is 73.6 cm³/mol. The molecule has 20 heavy (non-hydrogen) atoms. The smallest absolute Gasteiger partial charge is 0.311 e. The Morgan fingerprint density at radius 1 is 1.55 bits per heavy atom. The zero-order chi connectivity index (χ0) is 14.5. The number of nitrogens with one attached hydrogen (secondary N) is 1.